The number of carbonyl (C=O) groups excluding carboxylic acids is 1. The van der Waals surface area contributed by atoms with Crippen molar-refractivity contribution in [2.24, 2.45) is 0 Å². The summed E-state index contributed by atoms with van der Waals surface area (Å²) in [5.41, 5.74) is 3.82. The van der Waals surface area contributed by atoms with E-state index < -0.39 is 0 Å². The molecule has 4 rings (SSSR count). The van der Waals surface area contributed by atoms with Crippen LogP contribution in [0, 0.1) is 0 Å². The minimum atomic E-state index is -0.110. The molecular formula is C24H22N2O4S. The maximum Gasteiger partial charge on any atom is 0.258 e. The zero-order valence-corrected chi connectivity index (χ0v) is 18.3. The van der Waals surface area contributed by atoms with E-state index in [1.54, 1.807) is 38.3 Å². The van der Waals surface area contributed by atoms with Crippen LogP contribution in [0.1, 0.15) is 15.9 Å². The first-order valence-corrected chi connectivity index (χ1v) is 10.7. The lowest BCUT2D eigenvalue weighted by atomic mass is 10.1. The molecule has 0 bridgehead atoms. The van der Waals surface area contributed by atoms with Gasteiger partial charge < -0.3 is 18.8 Å². The Morgan fingerprint density at radius 3 is 2.52 bits per heavy atom. The number of ether oxygens (including phenoxy) is 2. The molecule has 1 aromatic heterocycles. The average Bonchev–Trinajstić information content (AvgIpc) is 3.24. The van der Waals surface area contributed by atoms with Crippen molar-refractivity contribution >= 4 is 34.5 Å². The zero-order valence-electron chi connectivity index (χ0n) is 17.5. The van der Waals surface area contributed by atoms with Gasteiger partial charge in [0.1, 0.15) is 5.52 Å². The highest BCUT2D eigenvalue weighted by Gasteiger charge is 2.19. The summed E-state index contributed by atoms with van der Waals surface area (Å²) < 4.78 is 16.4. The fraction of sp³-hybridized carbons (Fsp3) is 0.167. The Labute approximate surface area is 184 Å². The van der Waals surface area contributed by atoms with Crippen LogP contribution in [0.25, 0.3) is 11.1 Å². The van der Waals surface area contributed by atoms with Crippen LogP contribution in [0.3, 0.4) is 0 Å². The molecule has 1 amide bonds. The molecule has 0 spiro atoms. The number of anilines is 1. The summed E-state index contributed by atoms with van der Waals surface area (Å²) in [4.78, 5) is 19.4. The normalized spacial score (nSPS) is 10.8. The minimum absolute atomic E-state index is 0.110. The third-order valence-electron chi connectivity index (χ3n) is 4.93. The van der Waals surface area contributed by atoms with Crippen LogP contribution < -0.4 is 14.4 Å². The summed E-state index contributed by atoms with van der Waals surface area (Å²) >= 11 is 1.46. The first-order valence-electron chi connectivity index (χ1n) is 9.67. The van der Waals surface area contributed by atoms with E-state index in [0.717, 1.165) is 16.7 Å². The zero-order chi connectivity index (χ0) is 21.8. The summed E-state index contributed by atoms with van der Waals surface area (Å²) in [7, 11) is 4.90. The number of hydrogen-bond donors (Lipinski definition) is 0. The molecule has 7 heteroatoms. The summed E-state index contributed by atoms with van der Waals surface area (Å²) in [6.07, 6.45) is 0. The van der Waals surface area contributed by atoms with Crippen LogP contribution in [0.4, 0.5) is 5.69 Å². The fourth-order valence-electron chi connectivity index (χ4n) is 3.24. The van der Waals surface area contributed by atoms with E-state index in [1.165, 1.54) is 11.8 Å². The van der Waals surface area contributed by atoms with Crippen LogP contribution >= 0.6 is 11.8 Å². The Bertz CT molecular complexity index is 1190. The van der Waals surface area contributed by atoms with Crippen molar-refractivity contribution in [1.82, 2.24) is 4.98 Å². The molecule has 31 heavy (non-hydrogen) atoms. The predicted octanol–water partition coefficient (Wildman–Crippen LogP) is 5.41. The predicted molar refractivity (Wildman–Crippen MR) is 122 cm³/mol. The molecule has 0 N–H and O–H groups in total. The van der Waals surface area contributed by atoms with E-state index in [1.807, 2.05) is 54.6 Å². The number of methoxy groups -OCH3 is 2. The number of carbonyl (C=O) groups is 1. The molecule has 0 unspecified atom stereocenters. The third-order valence-corrected chi connectivity index (χ3v) is 5.81. The molecule has 0 saturated heterocycles. The van der Waals surface area contributed by atoms with Crippen LogP contribution in [0.15, 0.2) is 76.4 Å². The smallest absolute Gasteiger partial charge is 0.258 e. The van der Waals surface area contributed by atoms with Gasteiger partial charge in [0.25, 0.3) is 11.1 Å². The van der Waals surface area contributed by atoms with E-state index >= 15 is 0 Å². The molecule has 0 aliphatic rings. The number of amides is 1. The lowest BCUT2D eigenvalue weighted by Gasteiger charge is -2.20. The van der Waals surface area contributed by atoms with Crippen LogP contribution in [0.2, 0.25) is 0 Å². The second kappa shape index (κ2) is 9.14. The SMILES string of the molecule is COc1ccc(N(C)C(=O)c2ccccc2CSc2nc3ccccc3o2)cc1OC. The van der Waals surface area contributed by atoms with E-state index in [4.69, 9.17) is 13.9 Å². The molecular weight excluding hydrogens is 412 g/mol. The number of rotatable bonds is 7. The maximum absolute atomic E-state index is 13.3. The number of para-hydroxylation sites is 2. The van der Waals surface area contributed by atoms with Crippen molar-refractivity contribution in [3.8, 4) is 11.5 Å². The monoisotopic (exact) mass is 434 g/mol. The lowest BCUT2D eigenvalue weighted by molar-refractivity contribution is 0.0992. The quantitative estimate of drug-likeness (QED) is 0.362. The van der Waals surface area contributed by atoms with Gasteiger partial charge in [-0.05, 0) is 35.9 Å². The Hall–Kier alpha value is -3.45. The molecule has 0 radical (unpaired) electrons. The van der Waals surface area contributed by atoms with Gasteiger partial charge in [-0.15, -0.1) is 0 Å². The molecule has 0 fully saturated rings. The van der Waals surface area contributed by atoms with Gasteiger partial charge in [0.15, 0.2) is 17.1 Å². The second-order valence-corrected chi connectivity index (χ2v) is 7.72. The van der Waals surface area contributed by atoms with Crippen LogP contribution in [-0.2, 0) is 5.75 Å². The Morgan fingerprint density at radius 2 is 1.74 bits per heavy atom. The molecule has 3 aromatic carbocycles. The molecule has 4 aromatic rings. The van der Waals surface area contributed by atoms with Crippen molar-refractivity contribution in [2.45, 2.75) is 11.0 Å². The highest BCUT2D eigenvalue weighted by Crippen LogP contribution is 2.32. The van der Waals surface area contributed by atoms with Gasteiger partial charge in [-0.25, -0.2) is 4.98 Å². The number of nitrogens with zero attached hydrogens (tertiary/aromatic N) is 2. The highest BCUT2D eigenvalue weighted by atomic mass is 32.2. The van der Waals surface area contributed by atoms with E-state index in [0.29, 0.717) is 33.7 Å². The van der Waals surface area contributed by atoms with Gasteiger partial charge in [-0.1, -0.05) is 42.1 Å². The Morgan fingerprint density at radius 1 is 1.00 bits per heavy atom. The summed E-state index contributed by atoms with van der Waals surface area (Å²) in [5.74, 6) is 1.64. The topological polar surface area (TPSA) is 64.8 Å². The summed E-state index contributed by atoms with van der Waals surface area (Å²) in [5, 5.41) is 0.580. The molecule has 0 atom stereocenters. The molecule has 1 heterocycles. The van der Waals surface area contributed by atoms with Crippen molar-refractivity contribution in [3.05, 3.63) is 77.9 Å². The van der Waals surface area contributed by atoms with Gasteiger partial charge in [-0.3, -0.25) is 4.79 Å². The van der Waals surface area contributed by atoms with Gasteiger partial charge in [-0.2, -0.15) is 0 Å². The third kappa shape index (κ3) is 4.36. The fourth-order valence-corrected chi connectivity index (χ4v) is 4.08. The number of oxazole rings is 1. The minimum Gasteiger partial charge on any atom is -0.493 e. The largest absolute Gasteiger partial charge is 0.493 e. The molecule has 6 nitrogen and oxygen atoms in total. The summed E-state index contributed by atoms with van der Waals surface area (Å²) in [6.45, 7) is 0. The van der Waals surface area contributed by atoms with E-state index in [-0.39, 0.29) is 5.91 Å². The molecule has 0 aliphatic heterocycles. The Kier molecular flexibility index (Phi) is 6.13. The van der Waals surface area contributed by atoms with Crippen molar-refractivity contribution in [3.63, 3.8) is 0 Å². The number of aromatic nitrogens is 1. The number of thioether (sulfide) groups is 1. The first kappa shape index (κ1) is 20.8. The van der Waals surface area contributed by atoms with E-state index in [2.05, 4.69) is 4.98 Å². The first-order chi connectivity index (χ1) is 15.1. The van der Waals surface area contributed by atoms with Gasteiger partial charge in [0.2, 0.25) is 0 Å². The van der Waals surface area contributed by atoms with Crippen LogP contribution in [0.5, 0.6) is 11.5 Å². The number of hydrogen-bond acceptors (Lipinski definition) is 6. The lowest BCUT2D eigenvalue weighted by Crippen LogP contribution is -2.27. The highest BCUT2D eigenvalue weighted by molar-refractivity contribution is 7.98. The molecule has 0 saturated carbocycles. The Balaban J connectivity index is 1.55. The van der Waals surface area contributed by atoms with Crippen molar-refractivity contribution in [1.29, 1.82) is 0 Å². The van der Waals surface area contributed by atoms with Crippen LogP contribution in [-0.4, -0.2) is 32.2 Å². The van der Waals surface area contributed by atoms with Crippen molar-refractivity contribution in [2.75, 3.05) is 26.2 Å². The number of benzene rings is 3. The van der Waals surface area contributed by atoms with Gasteiger partial charge in [0, 0.05) is 30.1 Å². The summed E-state index contributed by atoms with van der Waals surface area (Å²) in [6, 6.07) is 20.6. The molecule has 0 aliphatic carbocycles. The van der Waals surface area contributed by atoms with Gasteiger partial charge in [0.05, 0.1) is 14.2 Å². The molecule has 158 valence electrons. The standard InChI is InChI=1S/C24H22N2O4S/c1-26(17-12-13-21(28-2)22(14-17)29-3)23(27)18-9-5-4-8-16(18)15-31-24-25-19-10-6-7-11-20(19)30-24/h4-14H,15H2,1-3H3. The van der Waals surface area contributed by atoms with Crippen molar-refractivity contribution < 1.29 is 18.7 Å². The average molecular weight is 435 g/mol. The maximum atomic E-state index is 13.3. The number of fused-ring (bicyclic) bond motifs is 1. The van der Waals surface area contributed by atoms with E-state index in [9.17, 15) is 4.79 Å². The van der Waals surface area contributed by atoms with Gasteiger partial charge >= 0.3 is 0 Å². The second-order valence-electron chi connectivity index (χ2n) is 6.80.